The Hall–Kier alpha value is -1.71. The first-order valence-electron chi connectivity index (χ1n) is 3.17. The molecule has 0 atom stereocenters. The normalized spacial score (nSPS) is 10.5. The van der Waals surface area contributed by atoms with E-state index in [9.17, 15) is 9.90 Å². The number of hydrogen-bond acceptors (Lipinski definition) is 2. The number of hydrogen-bond donors (Lipinski definition) is 2. The predicted octanol–water partition coefficient (Wildman–Crippen LogP) is 0.333. The first-order chi connectivity index (χ1) is 5.29. The predicted molar refractivity (Wildman–Crippen MR) is 39.7 cm³/mol. The van der Waals surface area contributed by atoms with E-state index in [-0.39, 0.29) is 11.3 Å². The molecule has 0 aliphatic carbocycles. The number of aromatic hydroxyl groups is 1. The summed E-state index contributed by atoms with van der Waals surface area (Å²) in [6.45, 7) is 0. The summed E-state index contributed by atoms with van der Waals surface area (Å²) >= 11 is 0. The molecule has 2 aromatic heterocycles. The number of aromatic nitrogens is 2. The van der Waals surface area contributed by atoms with Crippen molar-refractivity contribution in [3.63, 3.8) is 0 Å². The minimum Gasteiger partial charge on any atom is -0.504 e. The zero-order valence-corrected chi connectivity index (χ0v) is 5.61. The Kier molecular flexibility index (Phi) is 1.03. The molecule has 0 amide bonds. The van der Waals surface area contributed by atoms with Crippen LogP contribution in [0.1, 0.15) is 0 Å². The van der Waals surface area contributed by atoms with Crippen LogP contribution in [0.3, 0.4) is 0 Å². The smallest absolute Gasteiger partial charge is 0.256 e. The summed E-state index contributed by atoms with van der Waals surface area (Å²) in [5.41, 5.74) is 0.275. The van der Waals surface area contributed by atoms with Crippen LogP contribution < -0.4 is 5.56 Å². The third-order valence-corrected chi connectivity index (χ3v) is 1.55. The van der Waals surface area contributed by atoms with Gasteiger partial charge in [-0.05, 0) is 6.07 Å². The highest BCUT2D eigenvalue weighted by atomic mass is 16.3. The first kappa shape index (κ1) is 6.03. The van der Waals surface area contributed by atoms with Gasteiger partial charge in [0.05, 0.1) is 0 Å². The van der Waals surface area contributed by atoms with E-state index in [1.807, 2.05) is 0 Å². The third-order valence-electron chi connectivity index (χ3n) is 1.55. The largest absolute Gasteiger partial charge is 0.504 e. The summed E-state index contributed by atoms with van der Waals surface area (Å²) in [4.78, 5) is 13.8. The Morgan fingerprint density at radius 2 is 2.27 bits per heavy atom. The van der Waals surface area contributed by atoms with Gasteiger partial charge >= 0.3 is 0 Å². The van der Waals surface area contributed by atoms with E-state index in [0.717, 1.165) is 0 Å². The average Bonchev–Trinajstić information content (AvgIpc) is 2.45. The van der Waals surface area contributed by atoms with Gasteiger partial charge in [-0.3, -0.25) is 9.20 Å². The molecule has 2 aromatic rings. The van der Waals surface area contributed by atoms with Crippen molar-refractivity contribution in [2.45, 2.75) is 0 Å². The molecule has 56 valence electrons. The Morgan fingerprint density at radius 3 is 3.00 bits per heavy atom. The first-order valence-corrected chi connectivity index (χ1v) is 3.17. The Balaban J connectivity index is 3.08. The standard InChI is InChI=1S/C7H6N2O2/c10-5-1-2-6(11)9-4-3-8-7(5)9/h1-4,8,10H. The van der Waals surface area contributed by atoms with E-state index < -0.39 is 0 Å². The van der Waals surface area contributed by atoms with E-state index in [1.165, 1.54) is 16.5 Å². The van der Waals surface area contributed by atoms with Gasteiger partial charge in [-0.15, -0.1) is 0 Å². The van der Waals surface area contributed by atoms with Crippen LogP contribution >= 0.6 is 0 Å². The number of aromatic amines is 1. The number of imidazole rings is 1. The fourth-order valence-corrected chi connectivity index (χ4v) is 1.03. The lowest BCUT2D eigenvalue weighted by atomic mass is 10.4. The number of rotatable bonds is 0. The number of fused-ring (bicyclic) bond motifs is 1. The van der Waals surface area contributed by atoms with Crippen molar-refractivity contribution < 1.29 is 5.11 Å². The van der Waals surface area contributed by atoms with Gasteiger partial charge in [0.15, 0.2) is 11.4 Å². The van der Waals surface area contributed by atoms with E-state index >= 15 is 0 Å². The van der Waals surface area contributed by atoms with Crippen molar-refractivity contribution in [2.24, 2.45) is 0 Å². The van der Waals surface area contributed by atoms with Gasteiger partial charge in [-0.1, -0.05) is 0 Å². The molecule has 0 unspecified atom stereocenters. The van der Waals surface area contributed by atoms with Gasteiger partial charge in [0.2, 0.25) is 0 Å². The highest BCUT2D eigenvalue weighted by Gasteiger charge is 1.99. The molecule has 0 aromatic carbocycles. The van der Waals surface area contributed by atoms with Gasteiger partial charge in [-0.25, -0.2) is 0 Å². The molecule has 2 heterocycles. The molecule has 0 saturated heterocycles. The summed E-state index contributed by atoms with van der Waals surface area (Å²) in [5, 5.41) is 9.19. The zero-order chi connectivity index (χ0) is 7.84. The fourth-order valence-electron chi connectivity index (χ4n) is 1.03. The highest BCUT2D eigenvalue weighted by Crippen LogP contribution is 2.11. The molecule has 0 saturated carbocycles. The molecule has 0 fully saturated rings. The monoisotopic (exact) mass is 150 g/mol. The number of pyridine rings is 1. The molecule has 0 spiro atoms. The zero-order valence-electron chi connectivity index (χ0n) is 5.61. The summed E-state index contributed by atoms with van der Waals surface area (Å²) in [7, 11) is 0. The number of nitrogens with one attached hydrogen (secondary N) is 1. The van der Waals surface area contributed by atoms with Crippen molar-refractivity contribution in [3.8, 4) is 5.75 Å². The lowest BCUT2D eigenvalue weighted by Crippen LogP contribution is -2.08. The van der Waals surface area contributed by atoms with Crippen LogP contribution in [0.4, 0.5) is 0 Å². The lowest BCUT2D eigenvalue weighted by molar-refractivity contribution is 0.477. The molecule has 4 heteroatoms. The molecule has 0 radical (unpaired) electrons. The van der Waals surface area contributed by atoms with Crippen LogP contribution in [0.2, 0.25) is 0 Å². The third kappa shape index (κ3) is 0.724. The maximum atomic E-state index is 11.0. The Morgan fingerprint density at radius 1 is 1.45 bits per heavy atom. The van der Waals surface area contributed by atoms with Crippen molar-refractivity contribution in [3.05, 3.63) is 34.9 Å². The molecule has 0 bridgehead atoms. The van der Waals surface area contributed by atoms with E-state index in [1.54, 1.807) is 12.4 Å². The molecule has 0 aliphatic rings. The number of H-pyrrole nitrogens is 1. The van der Waals surface area contributed by atoms with Crippen molar-refractivity contribution in [1.82, 2.24) is 9.38 Å². The summed E-state index contributed by atoms with van der Waals surface area (Å²) in [6.07, 6.45) is 3.16. The molecule has 0 aliphatic heterocycles. The number of nitrogens with zero attached hydrogens (tertiary/aromatic N) is 1. The average molecular weight is 150 g/mol. The van der Waals surface area contributed by atoms with Crippen LogP contribution in [0.25, 0.3) is 5.65 Å². The van der Waals surface area contributed by atoms with Crippen molar-refractivity contribution >= 4 is 5.65 Å². The molecule has 2 rings (SSSR count). The van der Waals surface area contributed by atoms with Gasteiger partial charge in [0.25, 0.3) is 5.56 Å². The molecular weight excluding hydrogens is 144 g/mol. The SMILES string of the molecule is O=c1ccc(O)c2[nH]ccn12. The van der Waals surface area contributed by atoms with Gasteiger partial charge in [-0.2, -0.15) is 0 Å². The quantitative estimate of drug-likeness (QED) is 0.568. The second kappa shape index (κ2) is 1.88. The van der Waals surface area contributed by atoms with Crippen LogP contribution in [0.15, 0.2) is 29.3 Å². The minimum atomic E-state index is -0.154. The fraction of sp³-hybridized carbons (Fsp3) is 0. The van der Waals surface area contributed by atoms with Gasteiger partial charge in [0, 0.05) is 18.5 Å². The molecule has 4 nitrogen and oxygen atoms in total. The molecule has 2 N–H and O–H groups in total. The van der Waals surface area contributed by atoms with E-state index in [2.05, 4.69) is 4.98 Å². The summed E-state index contributed by atoms with van der Waals surface area (Å²) in [6, 6.07) is 2.68. The topological polar surface area (TPSA) is 57.5 Å². The maximum absolute atomic E-state index is 11.0. The van der Waals surface area contributed by atoms with E-state index in [0.29, 0.717) is 5.65 Å². The Labute approximate surface area is 61.7 Å². The van der Waals surface area contributed by atoms with Crippen LogP contribution in [0.5, 0.6) is 5.75 Å². The lowest BCUT2D eigenvalue weighted by Gasteiger charge is -1.93. The second-order valence-electron chi connectivity index (χ2n) is 2.24. The summed E-state index contributed by atoms with van der Waals surface area (Å²) < 4.78 is 1.34. The van der Waals surface area contributed by atoms with Crippen molar-refractivity contribution in [1.29, 1.82) is 0 Å². The highest BCUT2D eigenvalue weighted by molar-refractivity contribution is 5.51. The van der Waals surface area contributed by atoms with Gasteiger partial charge in [0.1, 0.15) is 0 Å². The minimum absolute atomic E-state index is 0.0783. The van der Waals surface area contributed by atoms with Crippen LogP contribution in [0, 0.1) is 0 Å². The molecule has 11 heavy (non-hydrogen) atoms. The maximum Gasteiger partial charge on any atom is 0.256 e. The van der Waals surface area contributed by atoms with E-state index in [4.69, 9.17) is 0 Å². The summed E-state index contributed by atoms with van der Waals surface area (Å²) in [5.74, 6) is 0.0783. The van der Waals surface area contributed by atoms with Crippen LogP contribution in [-0.4, -0.2) is 14.5 Å². The van der Waals surface area contributed by atoms with Crippen LogP contribution in [-0.2, 0) is 0 Å². The second-order valence-corrected chi connectivity index (χ2v) is 2.24. The molecular formula is C7H6N2O2. The Bertz CT molecular complexity index is 441. The van der Waals surface area contributed by atoms with Crippen molar-refractivity contribution in [2.75, 3.05) is 0 Å². The van der Waals surface area contributed by atoms with Gasteiger partial charge < -0.3 is 10.1 Å².